The van der Waals surface area contributed by atoms with Crippen molar-refractivity contribution in [2.75, 3.05) is 0 Å². The molecule has 0 spiro atoms. The summed E-state index contributed by atoms with van der Waals surface area (Å²) in [5, 5.41) is 4.55. The molecule has 0 aromatic carbocycles. The molecule has 0 aliphatic heterocycles. The number of hydrogen-bond donors (Lipinski definition) is 0. The number of nitrogens with zero attached hydrogens (tertiary/aromatic N) is 2. The minimum Gasteiger partial charge on any atom is -0.294 e. The summed E-state index contributed by atoms with van der Waals surface area (Å²) >= 11 is 0. The molecule has 0 radical (unpaired) electrons. The van der Waals surface area contributed by atoms with Gasteiger partial charge in [0.25, 0.3) is 0 Å². The van der Waals surface area contributed by atoms with Crippen LogP contribution in [0.5, 0.6) is 0 Å². The highest BCUT2D eigenvalue weighted by atomic mass is 16.1. The SMILES string of the molecule is O=C1CCCCc2c1cnn2C1CCCCCC1. The van der Waals surface area contributed by atoms with Gasteiger partial charge >= 0.3 is 0 Å². The maximum absolute atomic E-state index is 12.0. The first-order chi connectivity index (χ1) is 8.86. The van der Waals surface area contributed by atoms with Crippen molar-refractivity contribution in [1.29, 1.82) is 0 Å². The van der Waals surface area contributed by atoms with E-state index in [1.54, 1.807) is 0 Å². The third-order valence-corrected chi connectivity index (χ3v) is 4.44. The quantitative estimate of drug-likeness (QED) is 0.559. The average molecular weight is 246 g/mol. The summed E-state index contributed by atoms with van der Waals surface area (Å²) < 4.78 is 2.20. The van der Waals surface area contributed by atoms with E-state index in [-0.39, 0.29) is 0 Å². The molecule has 1 fully saturated rings. The summed E-state index contributed by atoms with van der Waals surface area (Å²) in [6.45, 7) is 0. The van der Waals surface area contributed by atoms with Crippen LogP contribution in [0.3, 0.4) is 0 Å². The predicted molar refractivity (Wildman–Crippen MR) is 70.9 cm³/mol. The van der Waals surface area contributed by atoms with E-state index in [1.807, 2.05) is 6.20 Å². The molecule has 18 heavy (non-hydrogen) atoms. The molecular formula is C15H22N2O. The second-order valence-electron chi connectivity index (χ2n) is 5.73. The molecule has 2 aliphatic rings. The Balaban J connectivity index is 1.90. The lowest BCUT2D eigenvalue weighted by Gasteiger charge is -2.18. The lowest BCUT2D eigenvalue weighted by atomic mass is 10.1. The zero-order valence-corrected chi connectivity index (χ0v) is 11.0. The van der Waals surface area contributed by atoms with Crippen molar-refractivity contribution in [2.24, 2.45) is 0 Å². The Labute approximate surface area is 109 Å². The first kappa shape index (κ1) is 11.9. The molecule has 2 aliphatic carbocycles. The van der Waals surface area contributed by atoms with Gasteiger partial charge in [0, 0.05) is 12.1 Å². The van der Waals surface area contributed by atoms with Gasteiger partial charge in [0.2, 0.25) is 0 Å². The summed E-state index contributed by atoms with van der Waals surface area (Å²) in [5.41, 5.74) is 2.14. The molecule has 0 saturated heterocycles. The van der Waals surface area contributed by atoms with Gasteiger partial charge in [0.1, 0.15) is 0 Å². The summed E-state index contributed by atoms with van der Waals surface area (Å²) in [6.07, 6.45) is 13.6. The smallest absolute Gasteiger partial charge is 0.166 e. The van der Waals surface area contributed by atoms with Gasteiger partial charge in [-0.3, -0.25) is 9.48 Å². The van der Waals surface area contributed by atoms with Crippen LogP contribution in [0.1, 0.15) is 79.9 Å². The van der Waals surface area contributed by atoms with Gasteiger partial charge in [-0.05, 0) is 32.1 Å². The van der Waals surface area contributed by atoms with Crippen LogP contribution in [0.2, 0.25) is 0 Å². The number of hydrogen-bond acceptors (Lipinski definition) is 2. The Morgan fingerprint density at radius 2 is 1.72 bits per heavy atom. The van der Waals surface area contributed by atoms with Crippen molar-refractivity contribution >= 4 is 5.78 Å². The molecule has 1 aromatic rings. The van der Waals surface area contributed by atoms with E-state index >= 15 is 0 Å². The Morgan fingerprint density at radius 3 is 2.50 bits per heavy atom. The fourth-order valence-corrected chi connectivity index (χ4v) is 3.40. The molecule has 98 valence electrons. The zero-order valence-electron chi connectivity index (χ0n) is 11.0. The van der Waals surface area contributed by atoms with Crippen molar-refractivity contribution in [3.63, 3.8) is 0 Å². The van der Waals surface area contributed by atoms with Crippen LogP contribution in [-0.4, -0.2) is 15.6 Å². The minimum absolute atomic E-state index is 0.308. The Hall–Kier alpha value is -1.12. The van der Waals surface area contributed by atoms with Crippen LogP contribution < -0.4 is 0 Å². The standard InChI is InChI=1S/C15H22N2O/c18-15-10-6-5-9-14-13(15)11-16-17(14)12-7-3-1-2-4-8-12/h11-12H,1-10H2. The monoisotopic (exact) mass is 246 g/mol. The number of carbonyl (C=O) groups excluding carboxylic acids is 1. The summed E-state index contributed by atoms with van der Waals surface area (Å²) in [5.74, 6) is 0.308. The third kappa shape index (κ3) is 2.23. The van der Waals surface area contributed by atoms with Gasteiger partial charge < -0.3 is 0 Å². The molecule has 3 nitrogen and oxygen atoms in total. The van der Waals surface area contributed by atoms with Crippen LogP contribution in [0.25, 0.3) is 0 Å². The number of Topliss-reactive ketones (excluding diaryl/α,β-unsaturated/α-hetero) is 1. The lowest BCUT2D eigenvalue weighted by Crippen LogP contribution is -2.14. The molecule has 0 bridgehead atoms. The molecule has 1 heterocycles. The van der Waals surface area contributed by atoms with Crippen LogP contribution in [0, 0.1) is 0 Å². The number of rotatable bonds is 1. The number of ketones is 1. The van der Waals surface area contributed by atoms with Crippen molar-refractivity contribution in [1.82, 2.24) is 9.78 Å². The topological polar surface area (TPSA) is 34.9 Å². The normalized spacial score (nSPS) is 22.3. The van der Waals surface area contributed by atoms with Gasteiger partial charge in [0.15, 0.2) is 5.78 Å². The first-order valence-electron chi connectivity index (χ1n) is 7.46. The zero-order chi connectivity index (χ0) is 12.4. The Kier molecular flexibility index (Phi) is 3.48. The van der Waals surface area contributed by atoms with Crippen molar-refractivity contribution in [3.8, 4) is 0 Å². The van der Waals surface area contributed by atoms with Crippen LogP contribution in [0.15, 0.2) is 6.20 Å². The molecule has 3 rings (SSSR count). The first-order valence-corrected chi connectivity index (χ1v) is 7.46. The number of carbonyl (C=O) groups is 1. The predicted octanol–water partition coefficient (Wildman–Crippen LogP) is 3.69. The fraction of sp³-hybridized carbons (Fsp3) is 0.733. The fourth-order valence-electron chi connectivity index (χ4n) is 3.40. The Bertz CT molecular complexity index is 428. The second kappa shape index (κ2) is 5.25. The van der Waals surface area contributed by atoms with E-state index in [0.717, 1.165) is 24.8 Å². The van der Waals surface area contributed by atoms with E-state index < -0.39 is 0 Å². The van der Waals surface area contributed by atoms with Gasteiger partial charge in [-0.25, -0.2) is 0 Å². The van der Waals surface area contributed by atoms with Gasteiger partial charge in [-0.2, -0.15) is 5.10 Å². The van der Waals surface area contributed by atoms with Crippen molar-refractivity contribution < 1.29 is 4.79 Å². The largest absolute Gasteiger partial charge is 0.294 e. The lowest BCUT2D eigenvalue weighted by molar-refractivity contribution is 0.0982. The molecular weight excluding hydrogens is 224 g/mol. The molecule has 1 aromatic heterocycles. The minimum atomic E-state index is 0.308. The number of fused-ring (bicyclic) bond motifs is 1. The number of aromatic nitrogens is 2. The molecule has 0 unspecified atom stereocenters. The molecule has 0 atom stereocenters. The maximum atomic E-state index is 12.0. The molecule has 1 saturated carbocycles. The van der Waals surface area contributed by atoms with Gasteiger partial charge in [-0.1, -0.05) is 25.7 Å². The highest BCUT2D eigenvalue weighted by Gasteiger charge is 2.24. The van der Waals surface area contributed by atoms with Gasteiger partial charge in [-0.15, -0.1) is 0 Å². The van der Waals surface area contributed by atoms with Crippen LogP contribution in [-0.2, 0) is 6.42 Å². The van der Waals surface area contributed by atoms with Crippen molar-refractivity contribution in [2.45, 2.75) is 70.3 Å². The second-order valence-corrected chi connectivity index (χ2v) is 5.73. The van der Waals surface area contributed by atoms with Gasteiger partial charge in [0.05, 0.1) is 17.8 Å². The van der Waals surface area contributed by atoms with E-state index in [1.165, 1.54) is 44.2 Å². The van der Waals surface area contributed by atoms with E-state index in [2.05, 4.69) is 9.78 Å². The summed E-state index contributed by atoms with van der Waals surface area (Å²) in [4.78, 5) is 12.0. The highest BCUT2D eigenvalue weighted by Crippen LogP contribution is 2.30. The summed E-state index contributed by atoms with van der Waals surface area (Å²) in [7, 11) is 0. The van der Waals surface area contributed by atoms with Crippen LogP contribution in [0.4, 0.5) is 0 Å². The Morgan fingerprint density at radius 1 is 1.00 bits per heavy atom. The average Bonchev–Trinajstić information content (AvgIpc) is 2.56. The molecule has 0 amide bonds. The van der Waals surface area contributed by atoms with E-state index in [9.17, 15) is 4.79 Å². The highest BCUT2D eigenvalue weighted by molar-refractivity contribution is 5.97. The summed E-state index contributed by atoms with van der Waals surface area (Å²) in [6, 6.07) is 0.544. The van der Waals surface area contributed by atoms with Crippen molar-refractivity contribution in [3.05, 3.63) is 17.5 Å². The van der Waals surface area contributed by atoms with Crippen LogP contribution >= 0.6 is 0 Å². The molecule has 0 N–H and O–H groups in total. The maximum Gasteiger partial charge on any atom is 0.166 e. The van der Waals surface area contributed by atoms with E-state index in [4.69, 9.17) is 0 Å². The third-order valence-electron chi connectivity index (χ3n) is 4.44. The molecule has 3 heteroatoms. The van der Waals surface area contributed by atoms with E-state index in [0.29, 0.717) is 18.2 Å².